The zero-order valence-electron chi connectivity index (χ0n) is 12.3. The number of amides is 1. The molecule has 0 saturated heterocycles. The van der Waals surface area contributed by atoms with Crippen LogP contribution in [0.4, 0.5) is 13.2 Å². The number of rotatable bonds is 3. The third-order valence-corrected chi connectivity index (χ3v) is 4.04. The Morgan fingerprint density at radius 3 is 2.78 bits per heavy atom. The number of halogens is 3. The number of fused-ring (bicyclic) bond motifs is 1. The fourth-order valence-corrected chi connectivity index (χ4v) is 3.01. The molecule has 1 aromatic carbocycles. The summed E-state index contributed by atoms with van der Waals surface area (Å²) in [4.78, 5) is 11.2. The monoisotopic (exact) mass is 324 g/mol. The normalized spacial score (nSPS) is 18.7. The zero-order valence-corrected chi connectivity index (χ0v) is 12.3. The van der Waals surface area contributed by atoms with Gasteiger partial charge in [0.25, 0.3) is 0 Å². The predicted octanol–water partition coefficient (Wildman–Crippen LogP) is 2.01. The highest BCUT2D eigenvalue weighted by Gasteiger charge is 2.48. The van der Waals surface area contributed by atoms with Gasteiger partial charge in [-0.25, -0.2) is 0 Å². The van der Waals surface area contributed by atoms with E-state index < -0.39 is 24.0 Å². The summed E-state index contributed by atoms with van der Waals surface area (Å²) in [6.45, 7) is 0.258. The molecule has 0 bridgehead atoms. The van der Waals surface area contributed by atoms with Crippen LogP contribution in [0.3, 0.4) is 0 Å². The van der Waals surface area contributed by atoms with Crippen molar-refractivity contribution in [1.82, 2.24) is 15.1 Å². The second kappa shape index (κ2) is 5.38. The van der Waals surface area contributed by atoms with E-state index in [1.165, 1.54) is 29.2 Å². The van der Waals surface area contributed by atoms with E-state index in [1.54, 1.807) is 13.1 Å². The van der Waals surface area contributed by atoms with E-state index in [2.05, 4.69) is 10.4 Å². The molecule has 3 N–H and O–H groups in total. The molecule has 23 heavy (non-hydrogen) atoms. The summed E-state index contributed by atoms with van der Waals surface area (Å²) in [6, 6.07) is 3.62. The van der Waals surface area contributed by atoms with Gasteiger partial charge in [-0.15, -0.1) is 0 Å². The Balaban J connectivity index is 2.02. The van der Waals surface area contributed by atoms with Gasteiger partial charge in [-0.2, -0.15) is 18.3 Å². The van der Waals surface area contributed by atoms with Crippen LogP contribution in [0.1, 0.15) is 39.0 Å². The minimum absolute atomic E-state index is 0.101. The summed E-state index contributed by atoms with van der Waals surface area (Å²) >= 11 is 0. The van der Waals surface area contributed by atoms with Crippen LogP contribution in [0.15, 0.2) is 30.6 Å². The molecule has 122 valence electrons. The van der Waals surface area contributed by atoms with Gasteiger partial charge in [-0.3, -0.25) is 9.48 Å². The molecule has 1 aliphatic heterocycles. The molecule has 3 rings (SSSR count). The first-order chi connectivity index (χ1) is 10.8. The highest BCUT2D eigenvalue weighted by atomic mass is 19.4. The molecule has 1 amide bonds. The molecule has 8 heteroatoms. The highest BCUT2D eigenvalue weighted by molar-refractivity contribution is 5.93. The van der Waals surface area contributed by atoms with E-state index in [-0.39, 0.29) is 17.7 Å². The van der Waals surface area contributed by atoms with Crippen molar-refractivity contribution >= 4 is 5.91 Å². The number of primary amides is 1. The standard InChI is InChI=1S/C15H15F3N4O/c1-22-7-10(6-21-22)12(15(16,17)18)13-11-3-2-8(14(19)23)4-9(11)5-20-13/h2-4,6-7,12-13,20H,5H2,1H3,(H2,19,23)/t12-,13?/m1/s1. The van der Waals surface area contributed by atoms with Gasteiger partial charge in [0, 0.05) is 37.0 Å². The average Bonchev–Trinajstić information content (AvgIpc) is 3.04. The molecule has 0 saturated carbocycles. The maximum absolute atomic E-state index is 13.6. The SMILES string of the molecule is Cn1cc([C@H](C2NCc3cc(C(N)=O)ccc32)C(F)(F)F)cn1. The van der Waals surface area contributed by atoms with E-state index in [4.69, 9.17) is 5.73 Å². The van der Waals surface area contributed by atoms with Gasteiger partial charge < -0.3 is 11.1 Å². The fraction of sp³-hybridized carbons (Fsp3) is 0.333. The first-order valence-corrected chi connectivity index (χ1v) is 6.98. The number of carbonyl (C=O) groups excluding carboxylic acids is 1. The van der Waals surface area contributed by atoms with Crippen LogP contribution in [0.2, 0.25) is 0 Å². The lowest BCUT2D eigenvalue weighted by Crippen LogP contribution is -2.31. The molecule has 0 fully saturated rings. The maximum Gasteiger partial charge on any atom is 0.397 e. The Morgan fingerprint density at radius 2 is 2.22 bits per heavy atom. The smallest absolute Gasteiger partial charge is 0.366 e. The predicted molar refractivity (Wildman–Crippen MR) is 76.5 cm³/mol. The third kappa shape index (κ3) is 2.81. The quantitative estimate of drug-likeness (QED) is 0.907. The van der Waals surface area contributed by atoms with Crippen LogP contribution in [0.5, 0.6) is 0 Å². The largest absolute Gasteiger partial charge is 0.397 e. The molecule has 1 aromatic heterocycles. The average molecular weight is 324 g/mol. The summed E-state index contributed by atoms with van der Waals surface area (Å²) in [6.07, 6.45) is -1.82. The molecule has 5 nitrogen and oxygen atoms in total. The van der Waals surface area contributed by atoms with Crippen molar-refractivity contribution in [3.8, 4) is 0 Å². The highest BCUT2D eigenvalue weighted by Crippen LogP contribution is 2.46. The minimum atomic E-state index is -4.43. The summed E-state index contributed by atoms with van der Waals surface area (Å²) in [5, 5.41) is 6.74. The van der Waals surface area contributed by atoms with Crippen molar-refractivity contribution in [2.24, 2.45) is 12.8 Å². The van der Waals surface area contributed by atoms with E-state index in [0.717, 1.165) is 0 Å². The van der Waals surface area contributed by atoms with E-state index >= 15 is 0 Å². The Kier molecular flexibility index (Phi) is 3.63. The molecule has 2 heterocycles. The van der Waals surface area contributed by atoms with Crippen LogP contribution in [0.25, 0.3) is 0 Å². The van der Waals surface area contributed by atoms with Crippen molar-refractivity contribution in [3.63, 3.8) is 0 Å². The molecular weight excluding hydrogens is 309 g/mol. The Labute approximate surface area is 130 Å². The maximum atomic E-state index is 13.6. The Morgan fingerprint density at radius 1 is 1.48 bits per heavy atom. The zero-order chi connectivity index (χ0) is 16.8. The van der Waals surface area contributed by atoms with Crippen LogP contribution in [-0.2, 0) is 13.6 Å². The van der Waals surface area contributed by atoms with E-state index in [0.29, 0.717) is 11.1 Å². The van der Waals surface area contributed by atoms with Crippen molar-refractivity contribution in [3.05, 3.63) is 52.8 Å². The van der Waals surface area contributed by atoms with Crippen molar-refractivity contribution in [2.45, 2.75) is 24.7 Å². The second-order valence-corrected chi connectivity index (χ2v) is 5.60. The first kappa shape index (κ1) is 15.5. The van der Waals surface area contributed by atoms with Gasteiger partial charge in [0.05, 0.1) is 6.20 Å². The third-order valence-electron chi connectivity index (χ3n) is 4.04. The number of nitrogens with zero attached hydrogens (tertiary/aromatic N) is 2. The number of benzene rings is 1. The number of nitrogens with two attached hydrogens (primary N) is 1. The van der Waals surface area contributed by atoms with Gasteiger partial charge in [-0.1, -0.05) is 6.07 Å². The molecule has 2 atom stereocenters. The summed E-state index contributed by atoms with van der Waals surface area (Å²) in [5.74, 6) is -2.31. The topological polar surface area (TPSA) is 72.9 Å². The minimum Gasteiger partial charge on any atom is -0.366 e. The number of hydrogen-bond donors (Lipinski definition) is 2. The van der Waals surface area contributed by atoms with Crippen molar-refractivity contribution in [2.75, 3.05) is 0 Å². The number of nitrogens with one attached hydrogen (secondary N) is 1. The number of hydrogen-bond acceptors (Lipinski definition) is 3. The molecule has 0 aliphatic carbocycles. The van der Waals surface area contributed by atoms with Gasteiger partial charge in [0.2, 0.25) is 5.91 Å². The van der Waals surface area contributed by atoms with Crippen molar-refractivity contribution < 1.29 is 18.0 Å². The lowest BCUT2D eigenvalue weighted by Gasteiger charge is -2.26. The Bertz CT molecular complexity index is 753. The lowest BCUT2D eigenvalue weighted by molar-refractivity contribution is -0.157. The van der Waals surface area contributed by atoms with E-state index in [1.807, 2.05) is 0 Å². The number of aryl methyl sites for hydroxylation is 1. The van der Waals surface area contributed by atoms with Gasteiger partial charge in [0.1, 0.15) is 5.92 Å². The van der Waals surface area contributed by atoms with E-state index in [9.17, 15) is 18.0 Å². The van der Waals surface area contributed by atoms with Crippen LogP contribution in [0, 0.1) is 0 Å². The Hall–Kier alpha value is -2.35. The van der Waals surface area contributed by atoms with Gasteiger partial charge >= 0.3 is 6.18 Å². The summed E-state index contributed by atoms with van der Waals surface area (Å²) in [5.41, 5.74) is 6.79. The van der Waals surface area contributed by atoms with Crippen LogP contribution >= 0.6 is 0 Å². The van der Waals surface area contributed by atoms with Crippen LogP contribution in [-0.4, -0.2) is 21.9 Å². The van der Waals surface area contributed by atoms with Gasteiger partial charge in [-0.05, 0) is 23.3 Å². The number of carbonyl (C=O) groups is 1. The van der Waals surface area contributed by atoms with Crippen molar-refractivity contribution in [1.29, 1.82) is 0 Å². The fourth-order valence-electron chi connectivity index (χ4n) is 3.01. The van der Waals surface area contributed by atoms with Gasteiger partial charge in [0.15, 0.2) is 0 Å². The lowest BCUT2D eigenvalue weighted by atomic mass is 9.88. The second-order valence-electron chi connectivity index (χ2n) is 5.60. The molecule has 1 unspecified atom stereocenters. The van der Waals surface area contributed by atoms with Crippen LogP contribution < -0.4 is 11.1 Å². The molecule has 2 aromatic rings. The summed E-state index contributed by atoms with van der Waals surface area (Å²) < 4.78 is 42.2. The molecule has 1 aliphatic rings. The number of alkyl halides is 3. The molecule has 0 spiro atoms. The summed E-state index contributed by atoms with van der Waals surface area (Å²) in [7, 11) is 1.58. The first-order valence-electron chi connectivity index (χ1n) is 6.98. The molecular formula is C15H15F3N4O. The molecule has 0 radical (unpaired) electrons. The number of aromatic nitrogens is 2.